The summed E-state index contributed by atoms with van der Waals surface area (Å²) in [6.45, 7) is 5.23. The zero-order valence-electron chi connectivity index (χ0n) is 15.4. The Kier molecular flexibility index (Phi) is 5.89. The molecule has 3 rings (SSSR count). The van der Waals surface area contributed by atoms with Crippen molar-refractivity contribution in [2.75, 3.05) is 18.4 Å². The minimum atomic E-state index is -3.53. The van der Waals surface area contributed by atoms with Gasteiger partial charge in [0, 0.05) is 18.8 Å². The Balaban J connectivity index is 1.75. The lowest BCUT2D eigenvalue weighted by Gasteiger charge is -2.34. The lowest BCUT2D eigenvalue weighted by atomic mass is 9.94. The molecule has 0 aromatic heterocycles. The summed E-state index contributed by atoms with van der Waals surface area (Å²) >= 11 is 6.03. The molecule has 144 valence electrons. The van der Waals surface area contributed by atoms with E-state index in [0.717, 1.165) is 6.42 Å². The molecule has 7 heteroatoms. The molecule has 0 saturated carbocycles. The van der Waals surface area contributed by atoms with E-state index in [1.807, 2.05) is 0 Å². The molecule has 27 heavy (non-hydrogen) atoms. The van der Waals surface area contributed by atoms with Gasteiger partial charge in [0.1, 0.15) is 0 Å². The summed E-state index contributed by atoms with van der Waals surface area (Å²) in [6, 6.07) is 13.0. The maximum atomic E-state index is 12.9. The minimum absolute atomic E-state index is 0.236. The van der Waals surface area contributed by atoms with Gasteiger partial charge in [0.2, 0.25) is 10.0 Å². The molecule has 0 unspecified atom stereocenters. The Morgan fingerprint density at radius 3 is 2.22 bits per heavy atom. The van der Waals surface area contributed by atoms with Crippen molar-refractivity contribution in [1.82, 2.24) is 4.31 Å². The Morgan fingerprint density at radius 1 is 1.04 bits per heavy atom. The highest BCUT2D eigenvalue weighted by atomic mass is 35.5. The summed E-state index contributed by atoms with van der Waals surface area (Å²) in [4.78, 5) is 12.5. The van der Waals surface area contributed by atoms with Crippen molar-refractivity contribution >= 4 is 33.2 Å². The predicted octanol–water partition coefficient (Wildman–Crippen LogP) is 4.26. The van der Waals surface area contributed by atoms with Crippen LogP contribution < -0.4 is 5.32 Å². The zero-order valence-corrected chi connectivity index (χ0v) is 16.9. The standard InChI is InChI=1S/C20H23ClN2O3S/c1-14-11-15(2)13-23(12-14)27(25,26)17-9-7-16(8-10-17)22-20(24)18-5-3-4-6-19(18)21/h3-10,14-15H,11-13H2,1-2H3,(H,22,24)/t14-,15-/m0/s1. The third kappa shape index (κ3) is 4.51. The largest absolute Gasteiger partial charge is 0.322 e. The molecule has 2 atom stereocenters. The molecule has 1 N–H and O–H groups in total. The minimum Gasteiger partial charge on any atom is -0.322 e. The van der Waals surface area contributed by atoms with Gasteiger partial charge in [0.15, 0.2) is 0 Å². The number of amides is 1. The third-order valence-corrected chi connectivity index (χ3v) is 6.88. The molecule has 0 spiro atoms. The van der Waals surface area contributed by atoms with Crippen molar-refractivity contribution in [1.29, 1.82) is 0 Å². The van der Waals surface area contributed by atoms with Crippen LogP contribution in [0.3, 0.4) is 0 Å². The summed E-state index contributed by atoms with van der Waals surface area (Å²) in [7, 11) is -3.53. The number of sulfonamides is 1. The fourth-order valence-corrected chi connectivity index (χ4v) is 5.41. The number of anilines is 1. The number of nitrogens with one attached hydrogen (secondary N) is 1. The summed E-state index contributed by atoms with van der Waals surface area (Å²) in [5, 5.41) is 3.10. The highest BCUT2D eigenvalue weighted by molar-refractivity contribution is 7.89. The molecular formula is C20H23ClN2O3S. The molecule has 0 aliphatic carbocycles. The number of carbonyl (C=O) groups is 1. The van der Waals surface area contributed by atoms with E-state index in [4.69, 9.17) is 11.6 Å². The third-order valence-electron chi connectivity index (χ3n) is 4.70. The predicted molar refractivity (Wildman–Crippen MR) is 108 cm³/mol. The number of carbonyl (C=O) groups excluding carboxylic acids is 1. The Labute approximate surface area is 165 Å². The van der Waals surface area contributed by atoms with Gasteiger partial charge >= 0.3 is 0 Å². The smallest absolute Gasteiger partial charge is 0.257 e. The van der Waals surface area contributed by atoms with Crippen LogP contribution in [-0.2, 0) is 10.0 Å². The average Bonchev–Trinajstić information content (AvgIpc) is 2.61. The van der Waals surface area contributed by atoms with Gasteiger partial charge < -0.3 is 5.32 Å². The highest BCUT2D eigenvalue weighted by Gasteiger charge is 2.31. The average molecular weight is 407 g/mol. The lowest BCUT2D eigenvalue weighted by Crippen LogP contribution is -2.42. The molecule has 1 aliphatic rings. The van der Waals surface area contributed by atoms with Gasteiger partial charge in [-0.05, 0) is 54.7 Å². The monoisotopic (exact) mass is 406 g/mol. The van der Waals surface area contributed by atoms with E-state index < -0.39 is 10.0 Å². The van der Waals surface area contributed by atoms with Crippen LogP contribution >= 0.6 is 11.6 Å². The van der Waals surface area contributed by atoms with Gasteiger partial charge in [0.25, 0.3) is 5.91 Å². The van der Waals surface area contributed by atoms with E-state index in [2.05, 4.69) is 19.2 Å². The van der Waals surface area contributed by atoms with E-state index in [1.54, 1.807) is 40.7 Å². The first-order valence-corrected chi connectivity index (χ1v) is 10.8. The van der Waals surface area contributed by atoms with E-state index in [1.165, 1.54) is 12.1 Å². The second-order valence-corrected chi connectivity index (χ2v) is 9.57. The normalized spacial score (nSPS) is 21.0. The quantitative estimate of drug-likeness (QED) is 0.824. The first-order valence-electron chi connectivity index (χ1n) is 8.93. The van der Waals surface area contributed by atoms with Gasteiger partial charge in [-0.15, -0.1) is 0 Å². The number of hydrogen-bond acceptors (Lipinski definition) is 3. The number of rotatable bonds is 4. The highest BCUT2D eigenvalue weighted by Crippen LogP contribution is 2.27. The van der Waals surface area contributed by atoms with Crippen LogP contribution in [0, 0.1) is 11.8 Å². The van der Waals surface area contributed by atoms with Crippen molar-refractivity contribution < 1.29 is 13.2 Å². The van der Waals surface area contributed by atoms with Crippen LogP contribution in [0.1, 0.15) is 30.6 Å². The van der Waals surface area contributed by atoms with Crippen LogP contribution in [0.2, 0.25) is 5.02 Å². The topological polar surface area (TPSA) is 66.5 Å². The maximum Gasteiger partial charge on any atom is 0.257 e. The van der Waals surface area contributed by atoms with Crippen LogP contribution in [0.4, 0.5) is 5.69 Å². The van der Waals surface area contributed by atoms with Crippen molar-refractivity contribution in [3.63, 3.8) is 0 Å². The Bertz CT molecular complexity index is 918. The number of benzene rings is 2. The molecule has 1 amide bonds. The van der Waals surface area contributed by atoms with Crippen LogP contribution in [0.25, 0.3) is 0 Å². The van der Waals surface area contributed by atoms with Gasteiger partial charge in [-0.1, -0.05) is 37.6 Å². The van der Waals surface area contributed by atoms with E-state index in [0.29, 0.717) is 41.2 Å². The molecule has 1 aliphatic heterocycles. The fourth-order valence-electron chi connectivity index (χ4n) is 3.51. The maximum absolute atomic E-state index is 12.9. The van der Waals surface area contributed by atoms with E-state index >= 15 is 0 Å². The van der Waals surface area contributed by atoms with Gasteiger partial charge in [-0.3, -0.25) is 4.79 Å². The van der Waals surface area contributed by atoms with Gasteiger partial charge in [-0.25, -0.2) is 8.42 Å². The van der Waals surface area contributed by atoms with E-state index in [-0.39, 0.29) is 10.8 Å². The van der Waals surface area contributed by atoms with Crippen molar-refractivity contribution in [3.05, 3.63) is 59.1 Å². The van der Waals surface area contributed by atoms with Gasteiger partial charge in [0.05, 0.1) is 15.5 Å². The van der Waals surface area contributed by atoms with Crippen LogP contribution in [0.5, 0.6) is 0 Å². The number of hydrogen-bond donors (Lipinski definition) is 1. The van der Waals surface area contributed by atoms with Crippen molar-refractivity contribution in [3.8, 4) is 0 Å². The molecule has 1 fully saturated rings. The van der Waals surface area contributed by atoms with E-state index in [9.17, 15) is 13.2 Å². The molecule has 0 bridgehead atoms. The molecule has 2 aromatic carbocycles. The van der Waals surface area contributed by atoms with Crippen molar-refractivity contribution in [2.24, 2.45) is 11.8 Å². The Hall–Kier alpha value is -1.89. The first-order chi connectivity index (χ1) is 12.8. The molecule has 1 heterocycles. The number of piperidine rings is 1. The number of nitrogens with zero attached hydrogens (tertiary/aromatic N) is 1. The summed E-state index contributed by atoms with van der Waals surface area (Å²) < 4.78 is 27.4. The van der Waals surface area contributed by atoms with Gasteiger partial charge in [-0.2, -0.15) is 4.31 Å². The summed E-state index contributed by atoms with van der Waals surface area (Å²) in [6.07, 6.45) is 1.04. The first kappa shape index (κ1) is 19.9. The fraction of sp³-hybridized carbons (Fsp3) is 0.350. The second kappa shape index (κ2) is 8.00. The zero-order chi connectivity index (χ0) is 19.6. The van der Waals surface area contributed by atoms with Crippen LogP contribution in [0.15, 0.2) is 53.4 Å². The number of halogens is 1. The van der Waals surface area contributed by atoms with Crippen LogP contribution in [-0.4, -0.2) is 31.7 Å². The van der Waals surface area contributed by atoms with Crippen molar-refractivity contribution in [2.45, 2.75) is 25.2 Å². The summed E-state index contributed by atoms with van der Waals surface area (Å²) in [5.74, 6) is 0.352. The Morgan fingerprint density at radius 2 is 1.63 bits per heavy atom. The lowest BCUT2D eigenvalue weighted by molar-refractivity contribution is 0.102. The second-order valence-electron chi connectivity index (χ2n) is 7.23. The molecule has 1 saturated heterocycles. The molecule has 0 radical (unpaired) electrons. The molecule has 5 nitrogen and oxygen atoms in total. The summed E-state index contributed by atoms with van der Waals surface area (Å²) in [5.41, 5.74) is 0.881. The molecule has 2 aromatic rings. The molecular weight excluding hydrogens is 384 g/mol. The SMILES string of the molecule is C[C@H]1C[C@H](C)CN(S(=O)(=O)c2ccc(NC(=O)c3ccccc3Cl)cc2)C1.